The van der Waals surface area contributed by atoms with Gasteiger partial charge in [0, 0.05) is 29.3 Å². The molecule has 0 aliphatic heterocycles. The van der Waals surface area contributed by atoms with Crippen LogP contribution in [0.4, 0.5) is 5.69 Å². The van der Waals surface area contributed by atoms with Gasteiger partial charge in [-0.3, -0.25) is 9.59 Å². The van der Waals surface area contributed by atoms with Crippen molar-refractivity contribution in [3.05, 3.63) is 83.3 Å². The Morgan fingerprint density at radius 1 is 1.00 bits per heavy atom. The summed E-state index contributed by atoms with van der Waals surface area (Å²) in [7, 11) is 0. The van der Waals surface area contributed by atoms with Crippen LogP contribution in [0.15, 0.2) is 70.2 Å². The van der Waals surface area contributed by atoms with Crippen LogP contribution in [-0.2, 0) is 11.3 Å². The summed E-state index contributed by atoms with van der Waals surface area (Å²) in [6.07, 6.45) is 1.93. The molecule has 0 radical (unpaired) electrons. The predicted molar refractivity (Wildman–Crippen MR) is 116 cm³/mol. The van der Waals surface area contributed by atoms with Crippen molar-refractivity contribution in [1.29, 1.82) is 0 Å². The molecule has 5 nitrogen and oxygen atoms in total. The third-order valence-electron chi connectivity index (χ3n) is 4.52. The highest BCUT2D eigenvalue weighted by Crippen LogP contribution is 2.21. The summed E-state index contributed by atoms with van der Waals surface area (Å²) >= 11 is 1.69. The molecule has 0 bridgehead atoms. The van der Waals surface area contributed by atoms with Gasteiger partial charge < -0.3 is 15.1 Å². The van der Waals surface area contributed by atoms with Gasteiger partial charge in [-0.2, -0.15) is 0 Å². The molecule has 2 amide bonds. The van der Waals surface area contributed by atoms with Crippen LogP contribution < -0.4 is 10.6 Å². The second kappa shape index (κ2) is 9.98. The van der Waals surface area contributed by atoms with Crippen LogP contribution in [0.25, 0.3) is 0 Å². The molecule has 0 aliphatic rings. The third-order valence-corrected chi connectivity index (χ3v) is 5.52. The van der Waals surface area contributed by atoms with Crippen LogP contribution in [0, 0.1) is 13.8 Å². The number of nitrogens with one attached hydrogen (secondary N) is 2. The number of benzene rings is 2. The number of amides is 2. The lowest BCUT2D eigenvalue weighted by molar-refractivity contribution is -0.120. The van der Waals surface area contributed by atoms with E-state index in [1.807, 2.05) is 12.1 Å². The molecule has 29 heavy (non-hydrogen) atoms. The fourth-order valence-corrected chi connectivity index (χ4v) is 3.61. The Hall–Kier alpha value is -2.99. The smallest absolute Gasteiger partial charge is 0.291 e. The topological polar surface area (TPSA) is 71.3 Å². The SMILES string of the molecule is Cc1ccc(SCCC(=O)NCc2ccc(NC(=O)c3ccco3)cc2)cc1C. The van der Waals surface area contributed by atoms with Gasteiger partial charge in [0.2, 0.25) is 5.91 Å². The van der Waals surface area contributed by atoms with Crippen LogP contribution in [0.3, 0.4) is 0 Å². The van der Waals surface area contributed by atoms with Crippen LogP contribution in [0.5, 0.6) is 0 Å². The highest BCUT2D eigenvalue weighted by Gasteiger charge is 2.08. The first-order valence-electron chi connectivity index (χ1n) is 9.42. The molecule has 6 heteroatoms. The van der Waals surface area contributed by atoms with Crippen molar-refractivity contribution in [2.75, 3.05) is 11.1 Å². The number of carbonyl (C=O) groups is 2. The summed E-state index contributed by atoms with van der Waals surface area (Å²) in [5, 5.41) is 5.70. The van der Waals surface area contributed by atoms with E-state index in [0.717, 1.165) is 11.3 Å². The lowest BCUT2D eigenvalue weighted by atomic mass is 10.1. The molecule has 2 aromatic carbocycles. The molecule has 0 saturated carbocycles. The number of carbonyl (C=O) groups excluding carboxylic acids is 2. The summed E-state index contributed by atoms with van der Waals surface area (Å²) in [6, 6.07) is 17.0. The number of hydrogen-bond acceptors (Lipinski definition) is 4. The first-order chi connectivity index (χ1) is 14.0. The fraction of sp³-hybridized carbons (Fsp3) is 0.217. The van der Waals surface area contributed by atoms with Gasteiger partial charge >= 0.3 is 0 Å². The number of thioether (sulfide) groups is 1. The Kier molecular flexibility index (Phi) is 7.14. The summed E-state index contributed by atoms with van der Waals surface area (Å²) < 4.78 is 5.07. The van der Waals surface area contributed by atoms with Crippen molar-refractivity contribution < 1.29 is 14.0 Å². The van der Waals surface area contributed by atoms with Gasteiger partial charge in [-0.25, -0.2) is 0 Å². The molecule has 1 aromatic heterocycles. The molecular formula is C23H24N2O3S. The maximum Gasteiger partial charge on any atom is 0.291 e. The van der Waals surface area contributed by atoms with Gasteiger partial charge in [0.1, 0.15) is 0 Å². The van der Waals surface area contributed by atoms with E-state index < -0.39 is 0 Å². The van der Waals surface area contributed by atoms with Gasteiger partial charge in [0.15, 0.2) is 5.76 Å². The van der Waals surface area contributed by atoms with Crippen molar-refractivity contribution in [3.63, 3.8) is 0 Å². The van der Waals surface area contributed by atoms with Gasteiger partial charge in [0.05, 0.1) is 6.26 Å². The van der Waals surface area contributed by atoms with Crippen LogP contribution in [0.2, 0.25) is 0 Å². The lowest BCUT2D eigenvalue weighted by Crippen LogP contribution is -2.23. The Morgan fingerprint density at radius 3 is 2.48 bits per heavy atom. The second-order valence-electron chi connectivity index (χ2n) is 6.75. The van der Waals surface area contributed by atoms with Crippen molar-refractivity contribution in [2.24, 2.45) is 0 Å². The van der Waals surface area contributed by atoms with Crippen molar-refractivity contribution in [2.45, 2.75) is 31.7 Å². The van der Waals surface area contributed by atoms with Gasteiger partial charge in [-0.15, -0.1) is 11.8 Å². The molecule has 2 N–H and O–H groups in total. The molecule has 0 atom stereocenters. The molecule has 0 aliphatic carbocycles. The maximum atomic E-state index is 12.1. The zero-order valence-corrected chi connectivity index (χ0v) is 17.3. The van der Waals surface area contributed by atoms with E-state index >= 15 is 0 Å². The molecule has 3 aromatic rings. The molecule has 1 heterocycles. The first-order valence-corrected chi connectivity index (χ1v) is 10.4. The summed E-state index contributed by atoms with van der Waals surface area (Å²) in [6.45, 7) is 4.65. The molecule has 0 fully saturated rings. The highest BCUT2D eigenvalue weighted by molar-refractivity contribution is 7.99. The lowest BCUT2D eigenvalue weighted by Gasteiger charge is -2.08. The van der Waals surface area contributed by atoms with E-state index in [1.165, 1.54) is 22.3 Å². The van der Waals surface area contributed by atoms with Crippen LogP contribution in [-0.4, -0.2) is 17.6 Å². The summed E-state index contributed by atoms with van der Waals surface area (Å²) in [4.78, 5) is 25.2. The molecule has 150 valence electrons. The minimum absolute atomic E-state index is 0.0246. The molecule has 3 rings (SSSR count). The normalized spacial score (nSPS) is 10.6. The average Bonchev–Trinajstić information content (AvgIpc) is 3.25. The van der Waals surface area contributed by atoms with E-state index in [4.69, 9.17) is 4.42 Å². The molecule has 0 spiro atoms. The Morgan fingerprint density at radius 2 is 1.79 bits per heavy atom. The fourth-order valence-electron chi connectivity index (χ4n) is 2.66. The number of anilines is 1. The van der Waals surface area contributed by atoms with Crippen LogP contribution in [0.1, 0.15) is 33.7 Å². The minimum atomic E-state index is -0.294. The predicted octanol–water partition coefficient (Wildman–Crippen LogP) is 4.95. The highest BCUT2D eigenvalue weighted by atomic mass is 32.2. The number of aryl methyl sites for hydroxylation is 2. The standard InChI is InChI=1S/C23H24N2O3S/c1-16-5-10-20(14-17(16)2)29-13-11-22(26)24-15-18-6-8-19(9-7-18)25-23(27)21-4-3-12-28-21/h3-10,12,14H,11,13,15H2,1-2H3,(H,24,26)(H,25,27). The largest absolute Gasteiger partial charge is 0.459 e. The summed E-state index contributed by atoms with van der Waals surface area (Å²) in [5.74, 6) is 0.736. The van der Waals surface area contributed by atoms with Crippen LogP contribution >= 0.6 is 11.8 Å². The van der Waals surface area contributed by atoms with E-state index in [1.54, 1.807) is 36.0 Å². The second-order valence-corrected chi connectivity index (χ2v) is 7.92. The number of rotatable bonds is 8. The van der Waals surface area contributed by atoms with Gasteiger partial charge in [0.25, 0.3) is 5.91 Å². The number of furan rings is 1. The van der Waals surface area contributed by atoms with E-state index in [-0.39, 0.29) is 17.6 Å². The summed E-state index contributed by atoms with van der Waals surface area (Å²) in [5.41, 5.74) is 4.18. The van der Waals surface area contributed by atoms with Crippen molar-refractivity contribution >= 4 is 29.3 Å². The molecule has 0 unspecified atom stereocenters. The average molecular weight is 409 g/mol. The zero-order valence-electron chi connectivity index (χ0n) is 16.5. The quantitative estimate of drug-likeness (QED) is 0.518. The molecule has 0 saturated heterocycles. The zero-order chi connectivity index (χ0) is 20.6. The van der Waals surface area contributed by atoms with Gasteiger partial charge in [-0.05, 0) is 66.9 Å². The minimum Gasteiger partial charge on any atom is -0.459 e. The Balaban J connectivity index is 1.39. The van der Waals surface area contributed by atoms with E-state index in [2.05, 4.69) is 42.7 Å². The molecular weight excluding hydrogens is 384 g/mol. The van der Waals surface area contributed by atoms with Crippen molar-refractivity contribution in [3.8, 4) is 0 Å². The van der Waals surface area contributed by atoms with E-state index in [0.29, 0.717) is 18.7 Å². The first kappa shape index (κ1) is 20.7. The van der Waals surface area contributed by atoms with Gasteiger partial charge in [-0.1, -0.05) is 18.2 Å². The monoisotopic (exact) mass is 408 g/mol. The number of hydrogen-bond donors (Lipinski definition) is 2. The third kappa shape index (κ3) is 6.26. The maximum absolute atomic E-state index is 12.1. The Bertz CT molecular complexity index is 966. The van der Waals surface area contributed by atoms with Crippen molar-refractivity contribution in [1.82, 2.24) is 5.32 Å². The Labute approximate surface area is 174 Å². The van der Waals surface area contributed by atoms with E-state index in [9.17, 15) is 9.59 Å².